The lowest BCUT2D eigenvalue weighted by molar-refractivity contribution is 0.660. The second-order valence-corrected chi connectivity index (χ2v) is 17.7. The molecule has 0 saturated heterocycles. The van der Waals surface area contributed by atoms with Crippen LogP contribution in [0.2, 0.25) is 0 Å². The molecule has 0 fully saturated rings. The van der Waals surface area contributed by atoms with Crippen molar-refractivity contribution in [3.63, 3.8) is 0 Å². The Balaban J connectivity index is 1.11. The van der Waals surface area contributed by atoms with E-state index in [9.17, 15) is 0 Å². The van der Waals surface area contributed by atoms with Crippen molar-refractivity contribution in [2.75, 3.05) is 4.90 Å². The molecule has 0 amide bonds. The Morgan fingerprint density at radius 2 is 0.875 bits per heavy atom. The maximum Gasteiger partial charge on any atom is 0.0546 e. The fourth-order valence-corrected chi connectivity index (χ4v) is 10.4. The van der Waals surface area contributed by atoms with E-state index in [1.54, 1.807) is 0 Å². The Labute approximate surface area is 375 Å². The summed E-state index contributed by atoms with van der Waals surface area (Å²) in [6, 6.07) is 87.4. The highest BCUT2D eigenvalue weighted by molar-refractivity contribution is 6.16. The minimum Gasteiger partial charge on any atom is -0.310 e. The Morgan fingerprint density at radius 1 is 0.297 bits per heavy atom. The van der Waals surface area contributed by atoms with E-state index in [0.29, 0.717) is 0 Å². The number of hydrogen-bond donors (Lipinski definition) is 0. The average Bonchev–Trinajstić information content (AvgIpc) is 3.59. The number of nitrogens with zero attached hydrogens (tertiary/aromatic N) is 1. The summed E-state index contributed by atoms with van der Waals surface area (Å²) in [7, 11) is 0. The molecule has 0 aliphatic heterocycles. The van der Waals surface area contributed by atoms with Crippen molar-refractivity contribution in [2.45, 2.75) is 19.3 Å². The third-order valence-electron chi connectivity index (χ3n) is 13.6. The molecule has 302 valence electrons. The first-order valence-corrected chi connectivity index (χ1v) is 22.3. The molecule has 0 atom stereocenters. The second kappa shape index (κ2) is 15.1. The summed E-state index contributed by atoms with van der Waals surface area (Å²) < 4.78 is 0. The summed E-state index contributed by atoms with van der Waals surface area (Å²) in [4.78, 5) is 2.50. The molecule has 0 bridgehead atoms. The van der Waals surface area contributed by atoms with Crippen molar-refractivity contribution in [1.82, 2.24) is 0 Å². The molecule has 0 heterocycles. The number of fused-ring (bicyclic) bond motifs is 7. The van der Waals surface area contributed by atoms with Gasteiger partial charge in [-0.15, -0.1) is 0 Å². The Hall–Kier alpha value is -8.00. The Morgan fingerprint density at radius 3 is 1.69 bits per heavy atom. The molecule has 1 heteroatoms. The SMILES string of the molecule is CC1(C)c2ccccc2-c2ccc(N(c3ccc(-c4cccc(-c5ccccc5)c4)cc3)c3cccc(-c4cc5ccccc5c5ccccc45)c3-c3ccc4ccccc4c3)cc21. The van der Waals surface area contributed by atoms with Crippen LogP contribution in [0.3, 0.4) is 0 Å². The zero-order chi connectivity index (χ0) is 42.8. The van der Waals surface area contributed by atoms with E-state index in [4.69, 9.17) is 0 Å². The molecular weight excluding hydrogens is 771 g/mol. The summed E-state index contributed by atoms with van der Waals surface area (Å²) in [6.07, 6.45) is 0. The molecular formula is C63H45N. The lowest BCUT2D eigenvalue weighted by Gasteiger charge is -2.31. The van der Waals surface area contributed by atoms with Gasteiger partial charge in [-0.3, -0.25) is 0 Å². The van der Waals surface area contributed by atoms with Crippen LogP contribution in [-0.4, -0.2) is 0 Å². The van der Waals surface area contributed by atoms with Crippen molar-refractivity contribution in [2.24, 2.45) is 0 Å². The molecule has 11 aromatic rings. The molecule has 12 rings (SSSR count). The molecule has 0 spiro atoms. The van der Waals surface area contributed by atoms with E-state index < -0.39 is 0 Å². The van der Waals surface area contributed by atoms with Crippen LogP contribution in [0.5, 0.6) is 0 Å². The lowest BCUT2D eigenvalue weighted by atomic mass is 9.82. The van der Waals surface area contributed by atoms with Crippen LogP contribution in [0.4, 0.5) is 17.1 Å². The molecule has 1 nitrogen and oxygen atoms in total. The molecule has 0 aromatic heterocycles. The van der Waals surface area contributed by atoms with Gasteiger partial charge in [0.2, 0.25) is 0 Å². The van der Waals surface area contributed by atoms with Crippen LogP contribution in [0.15, 0.2) is 237 Å². The number of benzene rings is 11. The first-order chi connectivity index (χ1) is 31.5. The van der Waals surface area contributed by atoms with Crippen molar-refractivity contribution in [3.05, 3.63) is 248 Å². The molecule has 0 N–H and O–H groups in total. The summed E-state index contributed by atoms with van der Waals surface area (Å²) in [5.41, 5.74) is 18.1. The van der Waals surface area contributed by atoms with Crippen molar-refractivity contribution >= 4 is 49.4 Å². The maximum absolute atomic E-state index is 2.50. The zero-order valence-corrected chi connectivity index (χ0v) is 36.0. The van der Waals surface area contributed by atoms with Gasteiger partial charge in [-0.2, -0.15) is 0 Å². The van der Waals surface area contributed by atoms with Crippen LogP contribution < -0.4 is 4.90 Å². The summed E-state index contributed by atoms with van der Waals surface area (Å²) in [5, 5.41) is 7.44. The standard InChI is InChI=1S/C63H45N/c1-63(2)59-28-13-12-26-55(59)56-37-36-51(41-60(56)63)64(50-34-32-44(33-35-50)47-22-14-21-46(38-47)42-16-4-3-5-17-42)61-29-15-27-57(62(61)49-31-30-43-18-6-7-19-45(43)39-49)58-40-48-20-8-9-23-52(48)53-24-10-11-25-54(53)58/h3-41H,1-2H3. The fourth-order valence-electron chi connectivity index (χ4n) is 10.4. The smallest absolute Gasteiger partial charge is 0.0546 e. The molecule has 11 aromatic carbocycles. The second-order valence-electron chi connectivity index (χ2n) is 17.7. The maximum atomic E-state index is 2.50. The Kier molecular flexibility index (Phi) is 8.91. The Bertz CT molecular complexity index is 3580. The summed E-state index contributed by atoms with van der Waals surface area (Å²) in [5.74, 6) is 0. The van der Waals surface area contributed by atoms with E-state index in [1.807, 2.05) is 0 Å². The van der Waals surface area contributed by atoms with Crippen LogP contribution in [0.25, 0.3) is 88.0 Å². The first kappa shape index (κ1) is 37.7. The van der Waals surface area contributed by atoms with E-state index in [0.717, 1.165) is 17.1 Å². The van der Waals surface area contributed by atoms with Gasteiger partial charge >= 0.3 is 0 Å². The average molecular weight is 816 g/mol. The van der Waals surface area contributed by atoms with Gasteiger partial charge in [0.25, 0.3) is 0 Å². The molecule has 64 heavy (non-hydrogen) atoms. The molecule has 0 radical (unpaired) electrons. The number of rotatable bonds is 7. The summed E-state index contributed by atoms with van der Waals surface area (Å²) >= 11 is 0. The topological polar surface area (TPSA) is 3.24 Å². The first-order valence-electron chi connectivity index (χ1n) is 22.3. The van der Waals surface area contributed by atoms with E-state index >= 15 is 0 Å². The van der Waals surface area contributed by atoms with Crippen molar-refractivity contribution < 1.29 is 0 Å². The number of hydrogen-bond acceptors (Lipinski definition) is 1. The van der Waals surface area contributed by atoms with Gasteiger partial charge in [0.05, 0.1) is 5.69 Å². The minimum atomic E-state index is -0.158. The third kappa shape index (κ3) is 6.23. The fraction of sp³-hybridized carbons (Fsp3) is 0.0476. The van der Waals surface area contributed by atoms with Crippen LogP contribution in [-0.2, 0) is 5.41 Å². The monoisotopic (exact) mass is 815 g/mol. The third-order valence-corrected chi connectivity index (χ3v) is 13.6. The molecule has 1 aliphatic rings. The van der Waals surface area contributed by atoms with Gasteiger partial charge in [0.15, 0.2) is 0 Å². The van der Waals surface area contributed by atoms with Gasteiger partial charge in [-0.25, -0.2) is 0 Å². The normalized spacial score (nSPS) is 12.7. The highest BCUT2D eigenvalue weighted by Gasteiger charge is 2.36. The van der Waals surface area contributed by atoms with Crippen LogP contribution in [0.1, 0.15) is 25.0 Å². The highest BCUT2D eigenvalue weighted by Crippen LogP contribution is 2.53. The minimum absolute atomic E-state index is 0.158. The highest BCUT2D eigenvalue weighted by atomic mass is 15.1. The van der Waals surface area contributed by atoms with Crippen LogP contribution >= 0.6 is 0 Å². The van der Waals surface area contributed by atoms with Gasteiger partial charge in [0.1, 0.15) is 0 Å². The zero-order valence-electron chi connectivity index (χ0n) is 36.0. The van der Waals surface area contributed by atoms with Crippen molar-refractivity contribution in [3.8, 4) is 55.6 Å². The van der Waals surface area contributed by atoms with Gasteiger partial charge < -0.3 is 4.90 Å². The lowest BCUT2D eigenvalue weighted by Crippen LogP contribution is -2.17. The molecule has 1 aliphatic carbocycles. The van der Waals surface area contributed by atoms with E-state index in [-0.39, 0.29) is 5.41 Å². The predicted molar refractivity (Wildman–Crippen MR) is 273 cm³/mol. The predicted octanol–water partition coefficient (Wildman–Crippen LogP) is 17.6. The van der Waals surface area contributed by atoms with Crippen molar-refractivity contribution in [1.29, 1.82) is 0 Å². The van der Waals surface area contributed by atoms with Crippen LogP contribution in [0, 0.1) is 0 Å². The van der Waals surface area contributed by atoms with Gasteiger partial charge in [-0.05, 0) is 142 Å². The quantitative estimate of drug-likeness (QED) is 0.145. The largest absolute Gasteiger partial charge is 0.310 e. The molecule has 0 unspecified atom stereocenters. The summed E-state index contributed by atoms with van der Waals surface area (Å²) in [6.45, 7) is 4.74. The van der Waals surface area contributed by atoms with E-state index in [2.05, 4.69) is 255 Å². The molecule has 0 saturated carbocycles. The van der Waals surface area contributed by atoms with Gasteiger partial charge in [-0.1, -0.05) is 202 Å². The van der Waals surface area contributed by atoms with Gasteiger partial charge in [0, 0.05) is 22.4 Å². The number of anilines is 3. The van der Waals surface area contributed by atoms with E-state index in [1.165, 1.54) is 99.1 Å².